The molecule has 1 unspecified atom stereocenters. The molecule has 0 aliphatic heterocycles. The van der Waals surface area contributed by atoms with E-state index in [1.54, 1.807) is 0 Å². The summed E-state index contributed by atoms with van der Waals surface area (Å²) in [6.45, 7) is 6.89. The lowest BCUT2D eigenvalue weighted by molar-refractivity contribution is 0.242. The Hall–Kier alpha value is -1.06. The Morgan fingerprint density at radius 2 is 1.81 bits per heavy atom. The van der Waals surface area contributed by atoms with E-state index < -0.39 is 0 Å². The van der Waals surface area contributed by atoms with Crippen LogP contribution in [0, 0.1) is 0 Å². The van der Waals surface area contributed by atoms with Crippen LogP contribution in [-0.4, -0.2) is 24.4 Å². The Bertz CT molecular complexity index is 295. The molecule has 3 heteroatoms. The third-order valence-corrected chi connectivity index (χ3v) is 2.31. The Morgan fingerprint density at radius 3 is 2.31 bits per heavy atom. The molecule has 90 valence electrons. The molecular formula is C13H21NO2. The molecule has 0 amide bonds. The fourth-order valence-corrected chi connectivity index (χ4v) is 1.51. The number of nitrogens with one attached hydrogen (secondary N) is 1. The first-order chi connectivity index (χ1) is 7.63. The zero-order valence-corrected chi connectivity index (χ0v) is 10.2. The van der Waals surface area contributed by atoms with Crippen molar-refractivity contribution in [3.8, 4) is 5.75 Å². The minimum atomic E-state index is 0.166. The zero-order chi connectivity index (χ0) is 12.0. The molecule has 0 spiro atoms. The van der Waals surface area contributed by atoms with Crippen molar-refractivity contribution in [3.63, 3.8) is 0 Å². The van der Waals surface area contributed by atoms with Gasteiger partial charge in [-0.05, 0) is 38.5 Å². The highest BCUT2D eigenvalue weighted by atomic mass is 16.5. The van der Waals surface area contributed by atoms with E-state index in [0.717, 1.165) is 5.75 Å². The Labute approximate surface area is 97.4 Å². The highest BCUT2D eigenvalue weighted by Crippen LogP contribution is 2.18. The second-order valence-electron chi connectivity index (χ2n) is 4.14. The summed E-state index contributed by atoms with van der Waals surface area (Å²) < 4.78 is 5.57. The molecule has 0 saturated heterocycles. The van der Waals surface area contributed by atoms with Gasteiger partial charge in [0.1, 0.15) is 5.75 Å². The quantitative estimate of drug-likeness (QED) is 0.776. The molecule has 1 rings (SSSR count). The maximum absolute atomic E-state index is 8.72. The average molecular weight is 223 g/mol. The van der Waals surface area contributed by atoms with Gasteiger partial charge in [0.05, 0.1) is 12.7 Å². The predicted molar refractivity (Wildman–Crippen MR) is 65.7 cm³/mol. The van der Waals surface area contributed by atoms with E-state index in [1.807, 2.05) is 38.1 Å². The van der Waals surface area contributed by atoms with Crippen molar-refractivity contribution < 1.29 is 9.84 Å². The smallest absolute Gasteiger partial charge is 0.119 e. The minimum Gasteiger partial charge on any atom is -0.491 e. The SMILES string of the molecule is CC(C)Oc1ccc(C(C)NCCO)cc1. The van der Waals surface area contributed by atoms with Crippen molar-refractivity contribution in [1.82, 2.24) is 5.32 Å². The van der Waals surface area contributed by atoms with Crippen molar-refractivity contribution in [1.29, 1.82) is 0 Å². The molecule has 1 atom stereocenters. The van der Waals surface area contributed by atoms with Gasteiger partial charge in [0, 0.05) is 12.6 Å². The van der Waals surface area contributed by atoms with Gasteiger partial charge in [-0.1, -0.05) is 12.1 Å². The number of ether oxygens (including phenoxy) is 1. The number of benzene rings is 1. The zero-order valence-electron chi connectivity index (χ0n) is 10.2. The van der Waals surface area contributed by atoms with Crippen molar-refractivity contribution in [3.05, 3.63) is 29.8 Å². The third kappa shape index (κ3) is 4.21. The molecule has 0 fully saturated rings. The lowest BCUT2D eigenvalue weighted by Crippen LogP contribution is -2.22. The van der Waals surface area contributed by atoms with Gasteiger partial charge >= 0.3 is 0 Å². The minimum absolute atomic E-state index is 0.166. The summed E-state index contributed by atoms with van der Waals surface area (Å²) in [4.78, 5) is 0. The molecule has 0 bridgehead atoms. The van der Waals surface area contributed by atoms with Crippen LogP contribution in [-0.2, 0) is 0 Å². The van der Waals surface area contributed by atoms with Crippen molar-refractivity contribution >= 4 is 0 Å². The van der Waals surface area contributed by atoms with Gasteiger partial charge in [-0.3, -0.25) is 0 Å². The van der Waals surface area contributed by atoms with Crippen LogP contribution in [0.2, 0.25) is 0 Å². The van der Waals surface area contributed by atoms with Crippen LogP contribution in [0.5, 0.6) is 5.75 Å². The summed E-state index contributed by atoms with van der Waals surface area (Å²) in [5, 5.41) is 11.9. The lowest BCUT2D eigenvalue weighted by atomic mass is 10.1. The summed E-state index contributed by atoms with van der Waals surface area (Å²) in [7, 11) is 0. The number of aliphatic hydroxyl groups excluding tert-OH is 1. The summed E-state index contributed by atoms with van der Waals surface area (Å²) in [6, 6.07) is 8.30. The van der Waals surface area contributed by atoms with Crippen LogP contribution >= 0.6 is 0 Å². The van der Waals surface area contributed by atoms with E-state index in [-0.39, 0.29) is 18.8 Å². The topological polar surface area (TPSA) is 41.5 Å². The molecule has 0 aliphatic carbocycles. The van der Waals surface area contributed by atoms with Gasteiger partial charge in [-0.2, -0.15) is 0 Å². The van der Waals surface area contributed by atoms with E-state index in [0.29, 0.717) is 6.54 Å². The van der Waals surface area contributed by atoms with Crippen molar-refractivity contribution in [2.24, 2.45) is 0 Å². The van der Waals surface area contributed by atoms with E-state index in [2.05, 4.69) is 12.2 Å². The van der Waals surface area contributed by atoms with Crippen molar-refractivity contribution in [2.75, 3.05) is 13.2 Å². The highest BCUT2D eigenvalue weighted by molar-refractivity contribution is 5.29. The first kappa shape index (κ1) is 13.0. The molecule has 0 aromatic heterocycles. The second kappa shape index (κ2) is 6.51. The standard InChI is InChI=1S/C13H21NO2/c1-10(2)16-13-6-4-12(5-7-13)11(3)14-8-9-15/h4-7,10-11,14-15H,8-9H2,1-3H3. The Kier molecular flexibility index (Phi) is 5.29. The third-order valence-electron chi connectivity index (χ3n) is 2.31. The molecule has 0 aliphatic rings. The highest BCUT2D eigenvalue weighted by Gasteiger charge is 2.04. The van der Waals surface area contributed by atoms with Gasteiger partial charge in [0.2, 0.25) is 0 Å². The van der Waals surface area contributed by atoms with Crippen LogP contribution < -0.4 is 10.1 Å². The molecule has 1 aromatic carbocycles. The molecule has 0 heterocycles. The monoisotopic (exact) mass is 223 g/mol. The van der Waals surface area contributed by atoms with Crippen LogP contribution in [0.4, 0.5) is 0 Å². The van der Waals surface area contributed by atoms with E-state index in [1.165, 1.54) is 5.56 Å². The Balaban J connectivity index is 2.56. The summed E-state index contributed by atoms with van der Waals surface area (Å²) in [5.74, 6) is 0.896. The number of hydrogen-bond donors (Lipinski definition) is 2. The molecule has 1 aromatic rings. The predicted octanol–water partition coefficient (Wildman–Crippen LogP) is 2.12. The average Bonchev–Trinajstić information content (AvgIpc) is 2.26. The van der Waals surface area contributed by atoms with Crippen LogP contribution in [0.25, 0.3) is 0 Å². The fourth-order valence-electron chi connectivity index (χ4n) is 1.51. The molecule has 2 N–H and O–H groups in total. The molecule has 3 nitrogen and oxygen atoms in total. The van der Waals surface area contributed by atoms with E-state index >= 15 is 0 Å². The maximum Gasteiger partial charge on any atom is 0.119 e. The molecular weight excluding hydrogens is 202 g/mol. The van der Waals surface area contributed by atoms with Crippen LogP contribution in [0.15, 0.2) is 24.3 Å². The van der Waals surface area contributed by atoms with Gasteiger partial charge < -0.3 is 15.2 Å². The van der Waals surface area contributed by atoms with Gasteiger partial charge in [-0.15, -0.1) is 0 Å². The maximum atomic E-state index is 8.72. The number of rotatable bonds is 6. The lowest BCUT2D eigenvalue weighted by Gasteiger charge is -2.15. The summed E-state index contributed by atoms with van der Waals surface area (Å²) >= 11 is 0. The van der Waals surface area contributed by atoms with Crippen molar-refractivity contribution in [2.45, 2.75) is 32.9 Å². The number of hydrogen-bond acceptors (Lipinski definition) is 3. The van der Waals surface area contributed by atoms with E-state index in [4.69, 9.17) is 9.84 Å². The van der Waals surface area contributed by atoms with Gasteiger partial charge in [-0.25, -0.2) is 0 Å². The fraction of sp³-hybridized carbons (Fsp3) is 0.538. The molecule has 16 heavy (non-hydrogen) atoms. The van der Waals surface area contributed by atoms with Crippen LogP contribution in [0.1, 0.15) is 32.4 Å². The largest absolute Gasteiger partial charge is 0.491 e. The molecule has 0 radical (unpaired) electrons. The van der Waals surface area contributed by atoms with Crippen LogP contribution in [0.3, 0.4) is 0 Å². The Morgan fingerprint density at radius 1 is 1.19 bits per heavy atom. The normalized spacial score (nSPS) is 12.8. The van der Waals surface area contributed by atoms with E-state index in [9.17, 15) is 0 Å². The summed E-state index contributed by atoms with van der Waals surface area (Å²) in [5.41, 5.74) is 1.20. The first-order valence-electron chi connectivity index (χ1n) is 5.74. The number of aliphatic hydroxyl groups is 1. The second-order valence-corrected chi connectivity index (χ2v) is 4.14. The summed E-state index contributed by atoms with van der Waals surface area (Å²) in [6.07, 6.45) is 0.204. The van der Waals surface area contributed by atoms with Gasteiger partial charge in [0.25, 0.3) is 0 Å². The first-order valence-corrected chi connectivity index (χ1v) is 5.74. The molecule has 0 saturated carbocycles. The van der Waals surface area contributed by atoms with Gasteiger partial charge in [0.15, 0.2) is 0 Å².